The van der Waals surface area contributed by atoms with Crippen LogP contribution in [0.3, 0.4) is 0 Å². The molecular formula is C10H13NOS. The van der Waals surface area contributed by atoms with Crippen LogP contribution in [0.15, 0.2) is 18.5 Å². The van der Waals surface area contributed by atoms with Gasteiger partial charge in [0.1, 0.15) is 5.76 Å². The van der Waals surface area contributed by atoms with Crippen LogP contribution in [-0.2, 0) is 0 Å². The number of nitrogens with two attached hydrogens (primary N) is 1. The van der Waals surface area contributed by atoms with E-state index in [-0.39, 0.29) is 5.76 Å². The summed E-state index contributed by atoms with van der Waals surface area (Å²) in [7, 11) is 0. The lowest BCUT2D eigenvalue weighted by Crippen LogP contribution is -1.91. The average molecular weight is 195 g/mol. The Morgan fingerprint density at radius 3 is 2.69 bits per heavy atom. The van der Waals surface area contributed by atoms with Gasteiger partial charge in [0, 0.05) is 10.9 Å². The molecule has 0 spiro atoms. The molecule has 0 aliphatic heterocycles. The number of thiophene rings is 1. The van der Waals surface area contributed by atoms with Crippen LogP contribution in [0.1, 0.15) is 24.5 Å². The van der Waals surface area contributed by atoms with E-state index in [0.29, 0.717) is 10.6 Å². The standard InChI is InChI=1S/C10H13NOS/c1-4-6(2)8-5-13-10(11)9(8)7(3)12/h5,12H,2-4,11H2,1H3. The van der Waals surface area contributed by atoms with Gasteiger partial charge in [0.15, 0.2) is 0 Å². The summed E-state index contributed by atoms with van der Waals surface area (Å²) in [6.45, 7) is 9.39. The minimum Gasteiger partial charge on any atom is -0.508 e. The van der Waals surface area contributed by atoms with Crippen LogP contribution in [0, 0.1) is 0 Å². The minimum absolute atomic E-state index is 0.0170. The lowest BCUT2D eigenvalue weighted by atomic mass is 10.0. The van der Waals surface area contributed by atoms with E-state index >= 15 is 0 Å². The van der Waals surface area contributed by atoms with Crippen molar-refractivity contribution in [3.8, 4) is 0 Å². The number of anilines is 1. The maximum Gasteiger partial charge on any atom is 0.119 e. The molecule has 0 fully saturated rings. The Hall–Kier alpha value is -1.22. The molecule has 13 heavy (non-hydrogen) atoms. The second kappa shape index (κ2) is 3.66. The molecule has 0 saturated heterocycles. The lowest BCUT2D eigenvalue weighted by Gasteiger charge is -2.04. The maximum absolute atomic E-state index is 9.31. The molecule has 3 heteroatoms. The Labute approximate surface area is 82.0 Å². The van der Waals surface area contributed by atoms with Crippen LogP contribution in [0.2, 0.25) is 0 Å². The molecule has 0 aromatic carbocycles. The first kappa shape index (κ1) is 9.86. The lowest BCUT2D eigenvalue weighted by molar-refractivity contribution is 0.514. The monoisotopic (exact) mass is 195 g/mol. The summed E-state index contributed by atoms with van der Waals surface area (Å²) in [5, 5.41) is 11.8. The second-order valence-corrected chi connectivity index (χ2v) is 3.70. The van der Waals surface area contributed by atoms with Crippen molar-refractivity contribution in [2.24, 2.45) is 0 Å². The van der Waals surface area contributed by atoms with Gasteiger partial charge >= 0.3 is 0 Å². The Bertz CT molecular complexity index is 352. The molecule has 0 unspecified atom stereocenters. The zero-order chi connectivity index (χ0) is 10.0. The fraction of sp³-hybridized carbons (Fsp3) is 0.200. The van der Waals surface area contributed by atoms with E-state index in [0.717, 1.165) is 17.6 Å². The van der Waals surface area contributed by atoms with Crippen molar-refractivity contribution in [3.63, 3.8) is 0 Å². The van der Waals surface area contributed by atoms with E-state index in [9.17, 15) is 5.11 Å². The molecule has 0 radical (unpaired) electrons. The van der Waals surface area contributed by atoms with E-state index in [1.54, 1.807) is 0 Å². The Kier molecular flexibility index (Phi) is 2.78. The maximum atomic E-state index is 9.31. The predicted molar refractivity (Wildman–Crippen MR) is 59.7 cm³/mol. The number of aliphatic hydroxyl groups is 1. The molecule has 1 aromatic heterocycles. The van der Waals surface area contributed by atoms with E-state index in [4.69, 9.17) is 5.73 Å². The molecule has 0 amide bonds. The zero-order valence-electron chi connectivity index (χ0n) is 7.63. The molecule has 1 rings (SSSR count). The second-order valence-electron chi connectivity index (χ2n) is 2.79. The van der Waals surface area contributed by atoms with Crippen LogP contribution >= 0.6 is 11.3 Å². The van der Waals surface area contributed by atoms with Crippen LogP contribution in [0.5, 0.6) is 0 Å². The molecule has 2 nitrogen and oxygen atoms in total. The highest BCUT2D eigenvalue weighted by atomic mass is 32.1. The quantitative estimate of drug-likeness (QED) is 0.727. The summed E-state index contributed by atoms with van der Waals surface area (Å²) in [5.74, 6) is 0.0170. The molecular weight excluding hydrogens is 182 g/mol. The van der Waals surface area contributed by atoms with Gasteiger partial charge < -0.3 is 10.8 Å². The first-order valence-electron chi connectivity index (χ1n) is 4.01. The first-order valence-corrected chi connectivity index (χ1v) is 4.89. The molecule has 0 atom stereocenters. The van der Waals surface area contributed by atoms with Gasteiger partial charge in [-0.3, -0.25) is 0 Å². The summed E-state index contributed by atoms with van der Waals surface area (Å²) in [6, 6.07) is 0. The number of nitrogen functional groups attached to an aromatic ring is 1. The summed E-state index contributed by atoms with van der Waals surface area (Å²) in [4.78, 5) is 0. The van der Waals surface area contributed by atoms with E-state index in [1.807, 2.05) is 12.3 Å². The van der Waals surface area contributed by atoms with Crippen molar-refractivity contribution >= 4 is 27.7 Å². The highest BCUT2D eigenvalue weighted by Gasteiger charge is 2.12. The third-order valence-electron chi connectivity index (χ3n) is 1.92. The normalized spacial score (nSPS) is 9.92. The Morgan fingerprint density at radius 2 is 2.23 bits per heavy atom. The third kappa shape index (κ3) is 1.75. The topological polar surface area (TPSA) is 46.2 Å². The Balaban J connectivity index is 3.22. The van der Waals surface area contributed by atoms with Crippen molar-refractivity contribution in [2.75, 3.05) is 5.73 Å². The van der Waals surface area contributed by atoms with E-state index in [2.05, 4.69) is 13.2 Å². The predicted octanol–water partition coefficient (Wildman–Crippen LogP) is 3.28. The minimum atomic E-state index is 0.0170. The van der Waals surface area contributed by atoms with Gasteiger partial charge in [-0.05, 0) is 12.0 Å². The third-order valence-corrected chi connectivity index (χ3v) is 2.73. The van der Waals surface area contributed by atoms with Crippen molar-refractivity contribution in [2.45, 2.75) is 13.3 Å². The van der Waals surface area contributed by atoms with Gasteiger partial charge in [-0.1, -0.05) is 20.1 Å². The van der Waals surface area contributed by atoms with Crippen LogP contribution in [0.25, 0.3) is 11.3 Å². The van der Waals surface area contributed by atoms with Crippen molar-refractivity contribution < 1.29 is 5.11 Å². The molecule has 3 N–H and O–H groups in total. The Morgan fingerprint density at radius 1 is 1.62 bits per heavy atom. The van der Waals surface area contributed by atoms with E-state index in [1.165, 1.54) is 11.3 Å². The fourth-order valence-corrected chi connectivity index (χ4v) is 2.00. The van der Waals surface area contributed by atoms with Crippen LogP contribution < -0.4 is 5.73 Å². The van der Waals surface area contributed by atoms with Crippen LogP contribution in [-0.4, -0.2) is 5.11 Å². The number of hydrogen-bond acceptors (Lipinski definition) is 3. The molecule has 1 aromatic rings. The largest absolute Gasteiger partial charge is 0.508 e. The number of aliphatic hydroxyl groups excluding tert-OH is 1. The molecule has 0 aliphatic rings. The molecule has 0 bridgehead atoms. The van der Waals surface area contributed by atoms with Gasteiger partial charge in [0.25, 0.3) is 0 Å². The zero-order valence-corrected chi connectivity index (χ0v) is 8.45. The van der Waals surface area contributed by atoms with Gasteiger partial charge in [0.2, 0.25) is 0 Å². The number of rotatable bonds is 3. The summed E-state index contributed by atoms with van der Waals surface area (Å²) in [6.07, 6.45) is 0.844. The molecule has 0 aliphatic carbocycles. The number of allylic oxidation sites excluding steroid dienone is 1. The van der Waals surface area contributed by atoms with Gasteiger partial charge in [0.05, 0.1) is 10.6 Å². The highest BCUT2D eigenvalue weighted by Crippen LogP contribution is 2.34. The van der Waals surface area contributed by atoms with Crippen molar-refractivity contribution in [1.82, 2.24) is 0 Å². The first-order chi connectivity index (χ1) is 6.07. The van der Waals surface area contributed by atoms with E-state index < -0.39 is 0 Å². The van der Waals surface area contributed by atoms with Gasteiger partial charge in [-0.25, -0.2) is 0 Å². The molecule has 0 saturated carbocycles. The fourth-order valence-electron chi connectivity index (χ4n) is 1.12. The van der Waals surface area contributed by atoms with Crippen molar-refractivity contribution in [3.05, 3.63) is 29.7 Å². The van der Waals surface area contributed by atoms with Crippen LogP contribution in [0.4, 0.5) is 5.00 Å². The number of hydrogen-bond donors (Lipinski definition) is 2. The van der Waals surface area contributed by atoms with Gasteiger partial charge in [-0.2, -0.15) is 0 Å². The summed E-state index contributed by atoms with van der Waals surface area (Å²) in [5.41, 5.74) is 8.21. The summed E-state index contributed by atoms with van der Waals surface area (Å²) >= 11 is 1.40. The smallest absolute Gasteiger partial charge is 0.119 e. The molecule has 70 valence electrons. The average Bonchev–Trinajstić information content (AvgIpc) is 2.45. The SMILES string of the molecule is C=C(CC)c1csc(N)c1C(=C)O. The van der Waals surface area contributed by atoms with Crippen molar-refractivity contribution in [1.29, 1.82) is 0 Å². The molecule has 1 heterocycles. The highest BCUT2D eigenvalue weighted by molar-refractivity contribution is 7.14. The van der Waals surface area contributed by atoms with Gasteiger partial charge in [-0.15, -0.1) is 11.3 Å². The summed E-state index contributed by atoms with van der Waals surface area (Å²) < 4.78 is 0.